The van der Waals surface area contributed by atoms with E-state index in [2.05, 4.69) is 16.3 Å². The van der Waals surface area contributed by atoms with Crippen molar-refractivity contribution in [1.82, 2.24) is 10.2 Å². The topological polar surface area (TPSA) is 85.5 Å². The predicted molar refractivity (Wildman–Crippen MR) is 92.2 cm³/mol. The van der Waals surface area contributed by atoms with Crippen molar-refractivity contribution in [2.24, 2.45) is 5.92 Å². The summed E-state index contributed by atoms with van der Waals surface area (Å²) in [4.78, 5) is 0. The summed E-state index contributed by atoms with van der Waals surface area (Å²) >= 11 is 8.02. The number of hydrogen-bond donors (Lipinski definition) is 2. The normalized spacial score (nSPS) is 19.8. The quantitative estimate of drug-likeness (QED) is 0.873. The van der Waals surface area contributed by atoms with Crippen LogP contribution in [0.5, 0.6) is 5.88 Å². The van der Waals surface area contributed by atoms with Crippen LogP contribution in [-0.4, -0.2) is 28.1 Å². The summed E-state index contributed by atoms with van der Waals surface area (Å²) in [6.45, 7) is 0. The van der Waals surface area contributed by atoms with Gasteiger partial charge in [-0.3, -0.25) is 10.5 Å². The Morgan fingerprint density at radius 3 is 2.96 bits per heavy atom. The monoisotopic (exact) mass is 346 g/mol. The summed E-state index contributed by atoms with van der Waals surface area (Å²) in [5.41, 5.74) is 2.44. The van der Waals surface area contributed by atoms with Gasteiger partial charge in [0.15, 0.2) is 0 Å². The van der Waals surface area contributed by atoms with Gasteiger partial charge in [-0.15, -0.1) is 5.10 Å². The number of H-pyrrole nitrogens is 1. The molecule has 1 aromatic heterocycles. The summed E-state index contributed by atoms with van der Waals surface area (Å²) in [5, 5.41) is 25.2. The number of ether oxygens (including phenoxy) is 1. The molecule has 0 aliphatic carbocycles. The Hall–Kier alpha value is -1.97. The fourth-order valence-electron chi connectivity index (χ4n) is 2.85. The van der Waals surface area contributed by atoms with Crippen molar-refractivity contribution in [3.63, 3.8) is 0 Å². The van der Waals surface area contributed by atoms with E-state index in [1.807, 2.05) is 30.5 Å². The molecule has 5 nitrogen and oxygen atoms in total. The molecule has 2 atom stereocenters. The number of nitrogens with one attached hydrogen (secondary N) is 2. The average Bonchev–Trinajstić information content (AvgIpc) is 2.96. The number of rotatable bonds is 4. The number of thioether (sulfide) groups is 1. The minimum atomic E-state index is -0.603. The number of fused-ring (bicyclic) bond motifs is 1. The third kappa shape index (κ3) is 2.82. The molecule has 0 spiro atoms. The van der Waals surface area contributed by atoms with E-state index in [1.165, 1.54) is 0 Å². The van der Waals surface area contributed by atoms with E-state index in [9.17, 15) is 5.26 Å². The number of nitrogens with zero attached hydrogens (tertiary/aromatic N) is 2. The number of aromatic nitrogens is 2. The van der Waals surface area contributed by atoms with Crippen molar-refractivity contribution in [2.45, 2.75) is 12.3 Å². The maximum Gasteiger partial charge on any atom is 0.243 e. The van der Waals surface area contributed by atoms with Crippen molar-refractivity contribution in [3.8, 4) is 23.2 Å². The van der Waals surface area contributed by atoms with Gasteiger partial charge in [0.05, 0.1) is 11.8 Å². The van der Waals surface area contributed by atoms with Crippen molar-refractivity contribution in [3.05, 3.63) is 34.9 Å². The molecule has 7 heteroatoms. The fourth-order valence-corrected chi connectivity index (χ4v) is 3.57. The standard InChI is InChI=1S/C16H15ClN4OS/c1-23-7-6-9-11(8-18)15(19)22-16-13(9)14(20-21-16)10-4-2-3-5-12(10)17/h2-5,9,11,19H,6-7H2,1H3,(H,20,21). The molecule has 118 valence electrons. The summed E-state index contributed by atoms with van der Waals surface area (Å²) in [5.74, 6) is 0.496. The van der Waals surface area contributed by atoms with E-state index < -0.39 is 5.92 Å². The van der Waals surface area contributed by atoms with E-state index in [0.29, 0.717) is 10.9 Å². The molecule has 1 aromatic carbocycles. The number of benzene rings is 1. The van der Waals surface area contributed by atoms with Gasteiger partial charge >= 0.3 is 0 Å². The summed E-state index contributed by atoms with van der Waals surface area (Å²) < 4.78 is 5.46. The van der Waals surface area contributed by atoms with Crippen LogP contribution in [0.1, 0.15) is 17.9 Å². The second-order valence-electron chi connectivity index (χ2n) is 5.26. The molecule has 0 amide bonds. The van der Waals surface area contributed by atoms with Crippen LogP contribution in [0.15, 0.2) is 24.3 Å². The lowest BCUT2D eigenvalue weighted by molar-refractivity contribution is 0.414. The maximum atomic E-state index is 9.48. The summed E-state index contributed by atoms with van der Waals surface area (Å²) in [6.07, 6.45) is 2.80. The van der Waals surface area contributed by atoms with Crippen LogP contribution >= 0.6 is 23.4 Å². The number of nitriles is 1. The van der Waals surface area contributed by atoms with Crippen LogP contribution in [0.4, 0.5) is 0 Å². The van der Waals surface area contributed by atoms with Gasteiger partial charge in [-0.05, 0) is 24.5 Å². The van der Waals surface area contributed by atoms with Crippen LogP contribution in [0.3, 0.4) is 0 Å². The van der Waals surface area contributed by atoms with Crippen LogP contribution in [0, 0.1) is 22.7 Å². The zero-order valence-corrected chi connectivity index (χ0v) is 14.0. The Morgan fingerprint density at radius 1 is 1.48 bits per heavy atom. The van der Waals surface area contributed by atoms with Crippen LogP contribution in [0.25, 0.3) is 11.3 Å². The third-order valence-electron chi connectivity index (χ3n) is 3.95. The van der Waals surface area contributed by atoms with Gasteiger partial charge in [-0.25, -0.2) is 0 Å². The van der Waals surface area contributed by atoms with E-state index in [4.69, 9.17) is 21.7 Å². The molecule has 2 aromatic rings. The zero-order chi connectivity index (χ0) is 16.4. The van der Waals surface area contributed by atoms with Gasteiger partial charge in [0.1, 0.15) is 5.92 Å². The molecule has 23 heavy (non-hydrogen) atoms. The number of aromatic amines is 1. The molecular formula is C16H15ClN4OS. The molecule has 1 aliphatic heterocycles. The van der Waals surface area contributed by atoms with Gasteiger partial charge in [0.25, 0.3) is 0 Å². The molecule has 2 unspecified atom stereocenters. The first-order chi connectivity index (χ1) is 11.2. The van der Waals surface area contributed by atoms with Crippen molar-refractivity contribution in [2.75, 3.05) is 12.0 Å². The first-order valence-electron chi connectivity index (χ1n) is 7.15. The summed E-state index contributed by atoms with van der Waals surface area (Å²) in [7, 11) is 0. The van der Waals surface area contributed by atoms with Crippen LogP contribution in [0.2, 0.25) is 5.02 Å². The van der Waals surface area contributed by atoms with Gasteiger partial charge < -0.3 is 4.74 Å². The molecular weight excluding hydrogens is 332 g/mol. The SMILES string of the molecule is CSCCC1c2c(n[nH]c2-c2ccccc2Cl)OC(=N)C1C#N. The second-order valence-corrected chi connectivity index (χ2v) is 6.65. The lowest BCUT2D eigenvalue weighted by atomic mass is 9.82. The lowest BCUT2D eigenvalue weighted by Crippen LogP contribution is -2.30. The van der Waals surface area contributed by atoms with Gasteiger partial charge in [0, 0.05) is 22.1 Å². The first-order valence-corrected chi connectivity index (χ1v) is 8.92. The van der Waals surface area contributed by atoms with Gasteiger partial charge in [0.2, 0.25) is 11.8 Å². The Bertz CT molecular complexity index is 783. The average molecular weight is 347 g/mol. The molecule has 0 bridgehead atoms. The lowest BCUT2D eigenvalue weighted by Gasteiger charge is -2.27. The Labute approximate surface area is 143 Å². The fraction of sp³-hybridized carbons (Fsp3) is 0.312. The smallest absolute Gasteiger partial charge is 0.243 e. The molecule has 0 radical (unpaired) electrons. The second kappa shape index (κ2) is 6.65. The Balaban J connectivity index is 2.13. The van der Waals surface area contributed by atoms with E-state index in [-0.39, 0.29) is 11.8 Å². The molecule has 0 saturated heterocycles. The maximum absolute atomic E-state index is 9.48. The number of hydrogen-bond acceptors (Lipinski definition) is 5. The van der Waals surface area contributed by atoms with E-state index >= 15 is 0 Å². The Morgan fingerprint density at radius 2 is 2.26 bits per heavy atom. The molecule has 1 aliphatic rings. The molecule has 3 rings (SSSR count). The molecule has 2 N–H and O–H groups in total. The van der Waals surface area contributed by atoms with Crippen LogP contribution < -0.4 is 4.74 Å². The molecule has 2 heterocycles. The van der Waals surface area contributed by atoms with Crippen LogP contribution in [-0.2, 0) is 0 Å². The largest absolute Gasteiger partial charge is 0.422 e. The molecule has 0 saturated carbocycles. The minimum Gasteiger partial charge on any atom is -0.422 e. The number of halogens is 1. The van der Waals surface area contributed by atoms with Crippen molar-refractivity contribution < 1.29 is 4.74 Å². The van der Waals surface area contributed by atoms with Gasteiger partial charge in [-0.2, -0.15) is 17.0 Å². The van der Waals surface area contributed by atoms with E-state index in [0.717, 1.165) is 29.0 Å². The molecule has 0 fully saturated rings. The van der Waals surface area contributed by atoms with Crippen molar-refractivity contribution in [1.29, 1.82) is 10.7 Å². The highest BCUT2D eigenvalue weighted by Gasteiger charge is 2.39. The highest BCUT2D eigenvalue weighted by molar-refractivity contribution is 7.98. The highest BCUT2D eigenvalue weighted by atomic mass is 35.5. The third-order valence-corrected chi connectivity index (χ3v) is 4.92. The van der Waals surface area contributed by atoms with Crippen molar-refractivity contribution >= 4 is 29.3 Å². The Kier molecular flexibility index (Phi) is 4.60. The minimum absolute atomic E-state index is 0.0386. The first kappa shape index (κ1) is 15.9. The summed E-state index contributed by atoms with van der Waals surface area (Å²) in [6, 6.07) is 9.69. The van der Waals surface area contributed by atoms with E-state index in [1.54, 1.807) is 11.8 Å². The predicted octanol–water partition coefficient (Wildman–Crippen LogP) is 4.08. The zero-order valence-electron chi connectivity index (χ0n) is 12.5. The highest BCUT2D eigenvalue weighted by Crippen LogP contribution is 2.45. The van der Waals surface area contributed by atoms with Gasteiger partial charge in [-0.1, -0.05) is 29.8 Å².